The second-order valence-corrected chi connectivity index (χ2v) is 7.60. The molecule has 0 radical (unpaired) electrons. The number of nitrogens with zero attached hydrogens (tertiary/aromatic N) is 1. The maximum atomic E-state index is 12.8. The number of carbonyl (C=O) groups is 2. The first-order chi connectivity index (χ1) is 13.2. The van der Waals surface area contributed by atoms with Crippen LogP contribution in [0.4, 0.5) is 0 Å². The Kier molecular flexibility index (Phi) is 8.25. The van der Waals surface area contributed by atoms with Gasteiger partial charge in [0.2, 0.25) is 5.91 Å². The Hall–Kier alpha value is -1.66. The topological polar surface area (TPSA) is 58.6 Å². The fourth-order valence-corrected chi connectivity index (χ4v) is 3.37. The summed E-state index contributed by atoms with van der Waals surface area (Å²) in [6.07, 6.45) is 0. The smallest absolute Gasteiger partial charge is 0.261 e. The number of hydrogen-bond donors (Lipinski definition) is 1. The van der Waals surface area contributed by atoms with Gasteiger partial charge >= 0.3 is 0 Å². The highest BCUT2D eigenvalue weighted by molar-refractivity contribution is 6.35. The molecule has 28 heavy (non-hydrogen) atoms. The Morgan fingerprint density at radius 2 is 1.64 bits per heavy atom. The summed E-state index contributed by atoms with van der Waals surface area (Å²) < 4.78 is 5.52. The number of halogens is 4. The molecule has 9 heteroatoms. The second kappa shape index (κ2) is 10.2. The van der Waals surface area contributed by atoms with Gasteiger partial charge in [-0.25, -0.2) is 0 Å². The van der Waals surface area contributed by atoms with Gasteiger partial charge in [0, 0.05) is 28.7 Å². The quantitative estimate of drug-likeness (QED) is 0.638. The van der Waals surface area contributed by atoms with Crippen molar-refractivity contribution in [2.24, 2.45) is 0 Å². The summed E-state index contributed by atoms with van der Waals surface area (Å²) in [6.45, 7) is 1.42. The molecule has 0 aliphatic heterocycles. The molecular weight excluding hydrogens is 446 g/mol. The highest BCUT2D eigenvalue weighted by Gasteiger charge is 2.26. The Bertz CT molecular complexity index is 876. The fourth-order valence-electron chi connectivity index (χ4n) is 2.44. The van der Waals surface area contributed by atoms with Gasteiger partial charge in [-0.05, 0) is 42.8 Å². The van der Waals surface area contributed by atoms with E-state index in [1.807, 2.05) is 0 Å². The van der Waals surface area contributed by atoms with Crippen LogP contribution in [0.15, 0.2) is 36.4 Å². The Morgan fingerprint density at radius 1 is 1.04 bits per heavy atom. The highest BCUT2D eigenvalue weighted by Crippen LogP contribution is 2.28. The van der Waals surface area contributed by atoms with Crippen LogP contribution in [0.25, 0.3) is 0 Å². The zero-order valence-electron chi connectivity index (χ0n) is 15.1. The van der Waals surface area contributed by atoms with Gasteiger partial charge in [-0.3, -0.25) is 9.59 Å². The third-order valence-electron chi connectivity index (χ3n) is 4.01. The van der Waals surface area contributed by atoms with E-state index in [-0.39, 0.29) is 24.1 Å². The first kappa shape index (κ1) is 22.6. The average molecular weight is 464 g/mol. The summed E-state index contributed by atoms with van der Waals surface area (Å²) in [5.41, 5.74) is 0.652. The van der Waals surface area contributed by atoms with Crippen molar-refractivity contribution in [1.29, 1.82) is 0 Å². The summed E-state index contributed by atoms with van der Waals surface area (Å²) in [7, 11) is 1.50. The molecule has 0 saturated heterocycles. The first-order valence-corrected chi connectivity index (χ1v) is 9.77. The van der Waals surface area contributed by atoms with E-state index in [2.05, 4.69) is 5.32 Å². The van der Waals surface area contributed by atoms with Crippen LogP contribution in [0.5, 0.6) is 5.75 Å². The van der Waals surface area contributed by atoms with Crippen molar-refractivity contribution < 1.29 is 14.3 Å². The number of amides is 2. The number of hydrogen-bond acceptors (Lipinski definition) is 3. The number of rotatable bonds is 7. The molecule has 0 aliphatic rings. The molecule has 2 amide bonds. The fraction of sp³-hybridized carbons (Fsp3) is 0.263. The monoisotopic (exact) mass is 462 g/mol. The lowest BCUT2D eigenvalue weighted by Gasteiger charge is -2.28. The van der Waals surface area contributed by atoms with Crippen LogP contribution in [0.2, 0.25) is 20.1 Å². The minimum Gasteiger partial charge on any atom is -0.482 e. The lowest BCUT2D eigenvalue weighted by atomic mass is 10.1. The van der Waals surface area contributed by atoms with Gasteiger partial charge in [-0.1, -0.05) is 52.5 Å². The van der Waals surface area contributed by atoms with Crippen LogP contribution in [0.1, 0.15) is 12.5 Å². The molecule has 0 aliphatic carbocycles. The van der Waals surface area contributed by atoms with Crippen LogP contribution >= 0.6 is 46.4 Å². The van der Waals surface area contributed by atoms with Gasteiger partial charge in [0.15, 0.2) is 6.61 Å². The maximum absolute atomic E-state index is 12.8. The molecule has 0 heterocycles. The average Bonchev–Trinajstić information content (AvgIpc) is 2.65. The molecule has 1 N–H and O–H groups in total. The van der Waals surface area contributed by atoms with Crippen LogP contribution in [-0.2, 0) is 16.1 Å². The minimum absolute atomic E-state index is 0.112. The molecule has 2 aromatic carbocycles. The molecule has 2 aromatic rings. The standard InChI is InChI=1S/C19H18Cl4N2O3/c1-11(19(27)24-2)25(9-12-3-4-13(20)7-15(12)22)18(26)10-28-17-6-5-14(21)8-16(17)23/h3-8,11H,9-10H2,1-2H3,(H,24,27)/t11-/m1/s1. The van der Waals surface area contributed by atoms with E-state index in [4.69, 9.17) is 51.1 Å². The Morgan fingerprint density at radius 3 is 2.21 bits per heavy atom. The predicted molar refractivity (Wildman–Crippen MR) is 112 cm³/mol. The molecule has 5 nitrogen and oxygen atoms in total. The summed E-state index contributed by atoms with van der Waals surface area (Å²) in [5, 5.41) is 4.15. The van der Waals surface area contributed by atoms with Gasteiger partial charge in [-0.15, -0.1) is 0 Å². The summed E-state index contributed by atoms with van der Waals surface area (Å²) in [6, 6.07) is 8.90. The van der Waals surface area contributed by atoms with E-state index in [9.17, 15) is 9.59 Å². The van der Waals surface area contributed by atoms with E-state index < -0.39 is 11.9 Å². The van der Waals surface area contributed by atoms with Crippen molar-refractivity contribution >= 4 is 58.2 Å². The third kappa shape index (κ3) is 5.92. The van der Waals surface area contributed by atoms with E-state index in [1.54, 1.807) is 37.3 Å². The molecule has 0 spiro atoms. The van der Waals surface area contributed by atoms with Gasteiger partial charge < -0.3 is 15.0 Å². The maximum Gasteiger partial charge on any atom is 0.261 e. The van der Waals surface area contributed by atoms with E-state index >= 15 is 0 Å². The summed E-state index contributed by atoms with van der Waals surface area (Å²) >= 11 is 24.1. The molecular formula is C19H18Cl4N2O3. The van der Waals surface area contributed by atoms with Crippen molar-refractivity contribution in [2.45, 2.75) is 19.5 Å². The lowest BCUT2D eigenvalue weighted by Crippen LogP contribution is -2.48. The molecule has 2 rings (SSSR count). The number of ether oxygens (including phenoxy) is 1. The zero-order chi connectivity index (χ0) is 20.8. The van der Waals surface area contributed by atoms with Crippen molar-refractivity contribution in [3.05, 3.63) is 62.1 Å². The van der Waals surface area contributed by atoms with Gasteiger partial charge in [0.05, 0.1) is 5.02 Å². The molecule has 0 aromatic heterocycles. The molecule has 150 valence electrons. The highest BCUT2D eigenvalue weighted by atomic mass is 35.5. The number of likely N-dealkylation sites (N-methyl/N-ethyl adjacent to an activating group) is 1. The van der Waals surface area contributed by atoms with Gasteiger partial charge in [0.1, 0.15) is 11.8 Å². The number of carbonyl (C=O) groups excluding carboxylic acids is 2. The summed E-state index contributed by atoms with van der Waals surface area (Å²) in [4.78, 5) is 26.3. The molecule has 0 fully saturated rings. The molecule has 0 bridgehead atoms. The predicted octanol–water partition coefficient (Wildman–Crippen LogP) is 4.84. The van der Waals surface area contributed by atoms with Crippen LogP contribution in [-0.4, -0.2) is 36.4 Å². The summed E-state index contributed by atoms with van der Waals surface area (Å²) in [5.74, 6) is -0.410. The minimum atomic E-state index is -0.742. The number of nitrogens with one attached hydrogen (secondary N) is 1. The van der Waals surface area contributed by atoms with Crippen LogP contribution in [0.3, 0.4) is 0 Å². The van der Waals surface area contributed by atoms with Gasteiger partial charge in [-0.2, -0.15) is 0 Å². The van der Waals surface area contributed by atoms with E-state index in [0.717, 1.165) is 0 Å². The molecule has 1 atom stereocenters. The van der Waals surface area contributed by atoms with E-state index in [1.165, 1.54) is 18.0 Å². The molecule has 0 saturated carbocycles. The first-order valence-electron chi connectivity index (χ1n) is 8.25. The second-order valence-electron chi connectivity index (χ2n) is 5.91. The SMILES string of the molecule is CNC(=O)[C@@H](C)N(Cc1ccc(Cl)cc1Cl)C(=O)COc1ccc(Cl)cc1Cl. The number of benzene rings is 2. The largest absolute Gasteiger partial charge is 0.482 e. The van der Waals surface area contributed by atoms with Crippen LogP contribution in [0, 0.1) is 0 Å². The van der Waals surface area contributed by atoms with Crippen molar-refractivity contribution in [3.8, 4) is 5.75 Å². The van der Waals surface area contributed by atoms with Crippen molar-refractivity contribution in [2.75, 3.05) is 13.7 Å². The van der Waals surface area contributed by atoms with Gasteiger partial charge in [0.25, 0.3) is 5.91 Å². The molecule has 0 unspecified atom stereocenters. The van der Waals surface area contributed by atoms with Crippen LogP contribution < -0.4 is 10.1 Å². The Balaban J connectivity index is 2.19. The lowest BCUT2D eigenvalue weighted by molar-refractivity contribution is -0.142. The van der Waals surface area contributed by atoms with E-state index in [0.29, 0.717) is 26.4 Å². The third-order valence-corrected chi connectivity index (χ3v) is 5.13. The zero-order valence-corrected chi connectivity index (χ0v) is 18.2. The normalized spacial score (nSPS) is 11.6. The van der Waals surface area contributed by atoms with Crippen molar-refractivity contribution in [3.63, 3.8) is 0 Å². The van der Waals surface area contributed by atoms with Crippen molar-refractivity contribution in [1.82, 2.24) is 10.2 Å². The Labute approximate surface area is 183 Å².